The lowest BCUT2D eigenvalue weighted by Gasteiger charge is -2.21. The fraction of sp³-hybridized carbons (Fsp3) is 0.333. The first-order chi connectivity index (χ1) is 9.08. The van der Waals surface area contributed by atoms with E-state index in [9.17, 15) is 0 Å². The Morgan fingerprint density at radius 2 is 2.11 bits per heavy atom. The smallest absolute Gasteiger partial charge is 0.0548 e. The molecular weight excluding hydrogens is 342 g/mol. The van der Waals surface area contributed by atoms with Crippen LogP contribution in [0.1, 0.15) is 30.3 Å². The lowest BCUT2D eigenvalue weighted by molar-refractivity contribution is 0.416. The van der Waals surface area contributed by atoms with Gasteiger partial charge < -0.3 is 5.32 Å². The van der Waals surface area contributed by atoms with Crippen molar-refractivity contribution in [1.82, 2.24) is 5.32 Å². The van der Waals surface area contributed by atoms with Crippen LogP contribution in [0.4, 0.5) is 0 Å². The number of thiophene rings is 1. The Kier molecular flexibility index (Phi) is 5.46. The highest BCUT2D eigenvalue weighted by Crippen LogP contribution is 2.27. The van der Waals surface area contributed by atoms with Gasteiger partial charge in [-0.15, -0.1) is 11.3 Å². The minimum atomic E-state index is 0.398. The Bertz CT molecular complexity index is 525. The predicted molar refractivity (Wildman–Crippen MR) is 87.9 cm³/mol. The summed E-state index contributed by atoms with van der Waals surface area (Å²) >= 11 is 11.3. The molecule has 0 amide bonds. The van der Waals surface area contributed by atoms with Crippen molar-refractivity contribution in [3.8, 4) is 0 Å². The normalized spacial score (nSPS) is 12.9. The number of benzene rings is 1. The van der Waals surface area contributed by atoms with E-state index in [1.54, 1.807) is 0 Å². The van der Waals surface area contributed by atoms with E-state index in [0.29, 0.717) is 12.0 Å². The lowest BCUT2D eigenvalue weighted by Crippen LogP contribution is -2.24. The molecule has 0 fully saturated rings. The molecule has 0 saturated heterocycles. The van der Waals surface area contributed by atoms with Gasteiger partial charge in [0.1, 0.15) is 0 Å². The third kappa shape index (κ3) is 4.06. The second-order valence-corrected chi connectivity index (χ2v) is 7.11. The van der Waals surface area contributed by atoms with E-state index in [1.165, 1.54) is 10.4 Å². The summed E-state index contributed by atoms with van der Waals surface area (Å²) in [7, 11) is 0. The average molecular weight is 359 g/mol. The van der Waals surface area contributed by atoms with E-state index < -0.39 is 0 Å². The van der Waals surface area contributed by atoms with Crippen molar-refractivity contribution in [1.29, 1.82) is 0 Å². The molecule has 1 heterocycles. The van der Waals surface area contributed by atoms with Gasteiger partial charge in [0.05, 0.1) is 5.02 Å². The molecule has 0 bridgehead atoms. The highest BCUT2D eigenvalue weighted by atomic mass is 79.9. The SMILES string of the molecule is CC(C)C(NCc1ccc(Cl)c(Br)c1)c1cccs1. The van der Waals surface area contributed by atoms with E-state index in [-0.39, 0.29) is 0 Å². The number of halogens is 2. The summed E-state index contributed by atoms with van der Waals surface area (Å²) in [4.78, 5) is 1.39. The Hall–Kier alpha value is -0.350. The van der Waals surface area contributed by atoms with Crippen LogP contribution in [0.3, 0.4) is 0 Å². The van der Waals surface area contributed by atoms with Gasteiger partial charge in [-0.2, -0.15) is 0 Å². The maximum Gasteiger partial charge on any atom is 0.0548 e. The topological polar surface area (TPSA) is 12.0 Å². The minimum Gasteiger partial charge on any atom is -0.305 e. The minimum absolute atomic E-state index is 0.398. The van der Waals surface area contributed by atoms with Crippen molar-refractivity contribution in [2.24, 2.45) is 5.92 Å². The summed E-state index contributed by atoms with van der Waals surface area (Å²) in [6, 6.07) is 10.8. The zero-order chi connectivity index (χ0) is 13.8. The molecule has 0 aliphatic carbocycles. The van der Waals surface area contributed by atoms with Gasteiger partial charge in [0.25, 0.3) is 0 Å². The average Bonchev–Trinajstić information content (AvgIpc) is 2.87. The van der Waals surface area contributed by atoms with Crippen LogP contribution in [-0.4, -0.2) is 0 Å². The van der Waals surface area contributed by atoms with Crippen LogP contribution in [0.2, 0.25) is 5.02 Å². The molecule has 1 N–H and O–H groups in total. The van der Waals surface area contributed by atoms with E-state index in [0.717, 1.165) is 16.0 Å². The van der Waals surface area contributed by atoms with Gasteiger partial charge in [0.2, 0.25) is 0 Å². The first kappa shape index (κ1) is 15.0. The summed E-state index contributed by atoms with van der Waals surface area (Å²) in [6.45, 7) is 5.33. The number of nitrogens with one attached hydrogen (secondary N) is 1. The zero-order valence-electron chi connectivity index (χ0n) is 11.0. The van der Waals surface area contributed by atoms with Gasteiger partial charge in [-0.25, -0.2) is 0 Å². The predicted octanol–water partition coefficient (Wildman–Crippen LogP) is 5.65. The molecule has 1 unspecified atom stereocenters. The van der Waals surface area contributed by atoms with Crippen molar-refractivity contribution in [2.45, 2.75) is 26.4 Å². The molecule has 102 valence electrons. The summed E-state index contributed by atoms with van der Waals surface area (Å²) in [5.74, 6) is 0.564. The monoisotopic (exact) mass is 357 g/mol. The zero-order valence-corrected chi connectivity index (χ0v) is 14.1. The van der Waals surface area contributed by atoms with E-state index in [4.69, 9.17) is 11.6 Å². The van der Waals surface area contributed by atoms with Crippen LogP contribution in [-0.2, 0) is 6.54 Å². The van der Waals surface area contributed by atoms with Crippen molar-refractivity contribution >= 4 is 38.9 Å². The molecule has 1 atom stereocenters. The number of hydrogen-bond acceptors (Lipinski definition) is 2. The highest BCUT2D eigenvalue weighted by Gasteiger charge is 2.16. The molecule has 0 spiro atoms. The Balaban J connectivity index is 2.05. The standard InChI is InChI=1S/C15H17BrClNS/c1-10(2)15(14-4-3-7-19-14)18-9-11-5-6-13(17)12(16)8-11/h3-8,10,15,18H,9H2,1-2H3. The molecule has 4 heteroatoms. The van der Waals surface area contributed by atoms with Gasteiger partial charge in [-0.3, -0.25) is 0 Å². The summed E-state index contributed by atoms with van der Waals surface area (Å²) in [6.07, 6.45) is 0. The first-order valence-corrected chi connectivity index (χ1v) is 8.33. The van der Waals surface area contributed by atoms with Crippen molar-refractivity contribution in [2.75, 3.05) is 0 Å². The van der Waals surface area contributed by atoms with E-state index in [2.05, 4.69) is 64.7 Å². The van der Waals surface area contributed by atoms with Gasteiger partial charge in [0, 0.05) is 21.9 Å². The summed E-state index contributed by atoms with van der Waals surface area (Å²) < 4.78 is 0.950. The molecule has 0 radical (unpaired) electrons. The third-order valence-electron chi connectivity index (χ3n) is 3.03. The Labute approximate surface area is 132 Å². The molecule has 2 aromatic rings. The second kappa shape index (κ2) is 6.89. The van der Waals surface area contributed by atoms with Crippen molar-refractivity contribution in [3.05, 3.63) is 55.6 Å². The quantitative estimate of drug-likeness (QED) is 0.728. The van der Waals surface area contributed by atoms with E-state index in [1.807, 2.05) is 17.4 Å². The van der Waals surface area contributed by atoms with Crippen molar-refractivity contribution in [3.63, 3.8) is 0 Å². The molecular formula is C15H17BrClNS. The molecule has 0 aliphatic heterocycles. The van der Waals surface area contributed by atoms with Crippen LogP contribution < -0.4 is 5.32 Å². The van der Waals surface area contributed by atoms with Gasteiger partial charge in [0.15, 0.2) is 0 Å². The second-order valence-electron chi connectivity index (χ2n) is 4.87. The largest absolute Gasteiger partial charge is 0.305 e. The fourth-order valence-electron chi connectivity index (χ4n) is 2.01. The van der Waals surface area contributed by atoms with Crippen molar-refractivity contribution < 1.29 is 0 Å². The Morgan fingerprint density at radius 1 is 1.32 bits per heavy atom. The van der Waals surface area contributed by atoms with Crippen LogP contribution >= 0.6 is 38.9 Å². The van der Waals surface area contributed by atoms with Gasteiger partial charge >= 0.3 is 0 Å². The lowest BCUT2D eigenvalue weighted by atomic mass is 10.0. The number of rotatable bonds is 5. The molecule has 1 aromatic heterocycles. The summed E-state index contributed by atoms with van der Waals surface area (Å²) in [5.41, 5.74) is 1.23. The highest BCUT2D eigenvalue weighted by molar-refractivity contribution is 9.10. The van der Waals surface area contributed by atoms with Gasteiger partial charge in [-0.1, -0.05) is 37.6 Å². The Morgan fingerprint density at radius 3 is 2.68 bits per heavy atom. The molecule has 1 nitrogen and oxygen atoms in total. The molecule has 0 aliphatic rings. The van der Waals surface area contributed by atoms with Crippen LogP contribution in [0.5, 0.6) is 0 Å². The summed E-state index contributed by atoms with van der Waals surface area (Å²) in [5, 5.41) is 6.51. The fourth-order valence-corrected chi connectivity index (χ4v) is 3.53. The third-order valence-corrected chi connectivity index (χ3v) is 5.20. The van der Waals surface area contributed by atoms with E-state index >= 15 is 0 Å². The van der Waals surface area contributed by atoms with Crippen LogP contribution in [0.15, 0.2) is 40.2 Å². The molecule has 1 aromatic carbocycles. The van der Waals surface area contributed by atoms with Gasteiger partial charge in [-0.05, 0) is 51.0 Å². The molecule has 19 heavy (non-hydrogen) atoms. The first-order valence-electron chi connectivity index (χ1n) is 6.28. The van der Waals surface area contributed by atoms with Crippen LogP contribution in [0, 0.1) is 5.92 Å². The van der Waals surface area contributed by atoms with Crippen LogP contribution in [0.25, 0.3) is 0 Å². The maximum absolute atomic E-state index is 6.01. The number of hydrogen-bond donors (Lipinski definition) is 1. The molecule has 0 saturated carbocycles. The maximum atomic E-state index is 6.01. The molecule has 2 rings (SSSR count).